The average Bonchev–Trinajstić information content (AvgIpc) is 1.98. The predicted molar refractivity (Wildman–Crippen MR) is 33.5 cm³/mol. The molecule has 0 saturated heterocycles. The zero-order valence-corrected chi connectivity index (χ0v) is 6.05. The van der Waals surface area contributed by atoms with Gasteiger partial charge in [0.25, 0.3) is 0 Å². The first-order chi connectivity index (χ1) is 3.72. The predicted octanol–water partition coefficient (Wildman–Crippen LogP) is 2.57. The van der Waals surface area contributed by atoms with E-state index < -0.39 is 5.82 Å². The molecular weight excluding hydrogens is 196 g/mol. The maximum Gasteiger partial charge on any atom is 0.174 e. The zero-order valence-electron chi connectivity index (χ0n) is 3.71. The van der Waals surface area contributed by atoms with Gasteiger partial charge in [0.15, 0.2) is 5.82 Å². The second kappa shape index (κ2) is 2.07. The Bertz CT molecular complexity index is 178. The van der Waals surface area contributed by atoms with Crippen LogP contribution in [0.5, 0.6) is 0 Å². The molecule has 1 aromatic rings. The fourth-order valence-corrected chi connectivity index (χ4v) is 0.941. The molecule has 0 radical (unpaired) electrons. The van der Waals surface area contributed by atoms with Crippen molar-refractivity contribution in [1.29, 1.82) is 0 Å². The van der Waals surface area contributed by atoms with E-state index in [0.29, 0.717) is 4.47 Å². The van der Waals surface area contributed by atoms with E-state index in [-0.39, 0.29) is 5.15 Å². The fraction of sp³-hybridized carbons (Fsp3) is 0. The molecule has 0 aliphatic rings. The van der Waals surface area contributed by atoms with E-state index in [1.54, 1.807) is 0 Å². The molecule has 0 fully saturated rings. The summed E-state index contributed by atoms with van der Waals surface area (Å²) in [6, 6.07) is 0. The maximum atomic E-state index is 12.3. The third-order valence-electron chi connectivity index (χ3n) is 0.728. The molecule has 8 heavy (non-hydrogen) atoms. The molecule has 0 saturated carbocycles. The summed E-state index contributed by atoms with van der Waals surface area (Å²) in [5.74, 6) is -0.438. The van der Waals surface area contributed by atoms with Crippen LogP contribution in [0.3, 0.4) is 0 Å². The van der Waals surface area contributed by atoms with Gasteiger partial charge in [-0.1, -0.05) is 11.6 Å². The van der Waals surface area contributed by atoms with Crippen LogP contribution in [-0.2, 0) is 0 Å². The van der Waals surface area contributed by atoms with Crippen molar-refractivity contribution in [3.05, 3.63) is 21.6 Å². The van der Waals surface area contributed by atoms with Crippen molar-refractivity contribution in [2.24, 2.45) is 0 Å². The van der Waals surface area contributed by atoms with Gasteiger partial charge in [-0.2, -0.15) is 0 Å². The molecule has 0 bridgehead atoms. The topological polar surface area (TPSA) is 15.8 Å². The first kappa shape index (κ1) is 6.11. The van der Waals surface area contributed by atoms with E-state index in [1.807, 2.05) is 0 Å². The highest BCUT2D eigenvalue weighted by Crippen LogP contribution is 2.20. The van der Waals surface area contributed by atoms with Crippen LogP contribution in [0.1, 0.15) is 0 Å². The maximum absolute atomic E-state index is 12.3. The van der Waals surface area contributed by atoms with Crippen molar-refractivity contribution in [1.82, 2.24) is 4.98 Å². The Morgan fingerprint density at radius 3 is 2.50 bits per heavy atom. The number of hydrogen-bond acceptors (Lipinski definition) is 0. The standard InChI is InChI=1S/C4H2BrClFN/c5-2-1-8-4(6)3(2)7/h1,8H. The molecule has 4 heteroatoms. The largest absolute Gasteiger partial charge is 0.349 e. The summed E-state index contributed by atoms with van der Waals surface area (Å²) in [7, 11) is 0. The number of aromatic nitrogens is 1. The molecule has 0 aromatic carbocycles. The molecule has 0 amide bonds. The van der Waals surface area contributed by atoms with Gasteiger partial charge in [-0.05, 0) is 15.9 Å². The lowest BCUT2D eigenvalue weighted by Crippen LogP contribution is -1.64. The summed E-state index contributed by atoms with van der Waals surface area (Å²) in [6.07, 6.45) is 1.44. The van der Waals surface area contributed by atoms with Crippen molar-refractivity contribution in [2.75, 3.05) is 0 Å². The van der Waals surface area contributed by atoms with Gasteiger partial charge in [0.2, 0.25) is 0 Å². The first-order valence-corrected chi connectivity index (χ1v) is 3.07. The van der Waals surface area contributed by atoms with E-state index in [9.17, 15) is 4.39 Å². The third-order valence-corrected chi connectivity index (χ3v) is 1.58. The highest BCUT2D eigenvalue weighted by molar-refractivity contribution is 9.10. The van der Waals surface area contributed by atoms with Gasteiger partial charge in [0, 0.05) is 6.20 Å². The Kier molecular flexibility index (Phi) is 1.58. The molecule has 0 aliphatic heterocycles. The minimum absolute atomic E-state index is 0.0388. The van der Waals surface area contributed by atoms with E-state index in [4.69, 9.17) is 11.6 Å². The highest BCUT2D eigenvalue weighted by atomic mass is 79.9. The summed E-state index contributed by atoms with van der Waals surface area (Å²) >= 11 is 8.19. The third kappa shape index (κ3) is 0.880. The molecule has 1 heterocycles. The Balaban J connectivity index is 3.19. The molecule has 0 unspecified atom stereocenters. The summed E-state index contributed by atoms with van der Waals surface area (Å²) in [5, 5.41) is 0.0388. The zero-order chi connectivity index (χ0) is 6.15. The Hall–Kier alpha value is -0.0200. The van der Waals surface area contributed by atoms with Crippen molar-refractivity contribution in [3.63, 3.8) is 0 Å². The molecule has 1 N–H and O–H groups in total. The first-order valence-electron chi connectivity index (χ1n) is 1.89. The van der Waals surface area contributed by atoms with E-state index in [1.165, 1.54) is 6.20 Å². The Morgan fingerprint density at radius 1 is 1.75 bits per heavy atom. The molecule has 0 aliphatic carbocycles. The monoisotopic (exact) mass is 197 g/mol. The summed E-state index contributed by atoms with van der Waals surface area (Å²) in [6.45, 7) is 0. The van der Waals surface area contributed by atoms with E-state index in [2.05, 4.69) is 20.9 Å². The van der Waals surface area contributed by atoms with E-state index >= 15 is 0 Å². The number of aromatic amines is 1. The SMILES string of the molecule is Fc1c(Br)c[nH]c1Cl. The smallest absolute Gasteiger partial charge is 0.174 e. The second-order valence-corrected chi connectivity index (χ2v) is 2.50. The van der Waals surface area contributed by atoms with Crippen molar-refractivity contribution in [3.8, 4) is 0 Å². The van der Waals surface area contributed by atoms with Crippen molar-refractivity contribution in [2.45, 2.75) is 0 Å². The number of hydrogen-bond donors (Lipinski definition) is 1. The van der Waals surface area contributed by atoms with Gasteiger partial charge in [-0.15, -0.1) is 0 Å². The highest BCUT2D eigenvalue weighted by Gasteiger charge is 2.03. The lowest BCUT2D eigenvalue weighted by molar-refractivity contribution is 0.624. The van der Waals surface area contributed by atoms with Crippen LogP contribution in [0.15, 0.2) is 10.7 Å². The van der Waals surface area contributed by atoms with Crippen molar-refractivity contribution >= 4 is 27.5 Å². The van der Waals surface area contributed by atoms with Crippen LogP contribution < -0.4 is 0 Å². The Labute approximate surface area is 59.0 Å². The molecule has 1 aromatic heterocycles. The van der Waals surface area contributed by atoms with Gasteiger partial charge in [-0.3, -0.25) is 0 Å². The molecule has 1 nitrogen and oxygen atoms in total. The van der Waals surface area contributed by atoms with Crippen LogP contribution in [0.2, 0.25) is 5.15 Å². The number of rotatable bonds is 0. The lowest BCUT2D eigenvalue weighted by Gasteiger charge is -1.77. The number of H-pyrrole nitrogens is 1. The van der Waals surface area contributed by atoms with Crippen LogP contribution >= 0.6 is 27.5 Å². The second-order valence-electron chi connectivity index (χ2n) is 1.26. The molecule has 1 rings (SSSR count). The lowest BCUT2D eigenvalue weighted by atomic mass is 10.6. The van der Waals surface area contributed by atoms with Crippen LogP contribution in [-0.4, -0.2) is 4.98 Å². The van der Waals surface area contributed by atoms with Crippen molar-refractivity contribution < 1.29 is 4.39 Å². The quantitative estimate of drug-likeness (QED) is 0.659. The van der Waals surface area contributed by atoms with Gasteiger partial charge in [-0.25, -0.2) is 4.39 Å². The summed E-state index contributed by atoms with van der Waals surface area (Å²) in [4.78, 5) is 2.48. The fourth-order valence-electron chi connectivity index (χ4n) is 0.358. The molecule has 44 valence electrons. The van der Waals surface area contributed by atoms with E-state index in [0.717, 1.165) is 0 Å². The van der Waals surface area contributed by atoms with Gasteiger partial charge < -0.3 is 4.98 Å². The number of nitrogens with one attached hydrogen (secondary N) is 1. The van der Waals surface area contributed by atoms with Crippen LogP contribution in [0.4, 0.5) is 4.39 Å². The minimum atomic E-state index is -0.438. The summed E-state index contributed by atoms with van der Waals surface area (Å²) < 4.78 is 12.6. The molecule has 0 atom stereocenters. The van der Waals surface area contributed by atoms with Gasteiger partial charge in [0.1, 0.15) is 5.15 Å². The molecule has 0 spiro atoms. The van der Waals surface area contributed by atoms with Gasteiger partial charge in [0.05, 0.1) is 4.47 Å². The summed E-state index contributed by atoms with van der Waals surface area (Å²) in [5.41, 5.74) is 0. The average molecular weight is 198 g/mol. The minimum Gasteiger partial charge on any atom is -0.349 e. The Morgan fingerprint density at radius 2 is 2.38 bits per heavy atom. The van der Waals surface area contributed by atoms with Crippen LogP contribution in [0.25, 0.3) is 0 Å². The van der Waals surface area contributed by atoms with Crippen LogP contribution in [0, 0.1) is 5.82 Å². The number of halogens is 3. The van der Waals surface area contributed by atoms with Gasteiger partial charge >= 0.3 is 0 Å². The molecular formula is C4H2BrClFN. The normalized spacial score (nSPS) is 9.88.